The molecule has 0 aliphatic carbocycles. The lowest BCUT2D eigenvalue weighted by Crippen LogP contribution is -2.21. The largest absolute Gasteiger partial charge is 0.452 e. The summed E-state index contributed by atoms with van der Waals surface area (Å²) >= 11 is 3.37. The molecule has 2 heterocycles. The average Bonchev–Trinajstić information content (AvgIpc) is 3.14. The molecule has 1 amide bonds. The van der Waals surface area contributed by atoms with Crippen LogP contribution in [0.25, 0.3) is 22.4 Å². The van der Waals surface area contributed by atoms with Gasteiger partial charge >= 0.3 is 5.97 Å². The Morgan fingerprint density at radius 1 is 1.12 bits per heavy atom. The monoisotopic (exact) mass is 497 g/mol. The van der Waals surface area contributed by atoms with Gasteiger partial charge in [0.25, 0.3) is 11.6 Å². The normalized spacial score (nSPS) is 10.9. The first-order chi connectivity index (χ1) is 15.3. The maximum atomic E-state index is 13.3. The molecule has 7 nitrogen and oxygen atoms in total. The Balaban J connectivity index is 1.56. The van der Waals surface area contributed by atoms with Crippen molar-refractivity contribution in [2.24, 2.45) is 0 Å². The molecule has 0 saturated carbocycles. The predicted molar refractivity (Wildman–Crippen MR) is 120 cm³/mol. The number of anilines is 1. The number of ether oxygens (including phenoxy) is 1. The third-order valence-corrected chi connectivity index (χ3v) is 5.27. The number of carbonyl (C=O) groups excluding carboxylic acids is 2. The fraction of sp³-hybridized carbons (Fsp3) is 0.130. The van der Waals surface area contributed by atoms with Gasteiger partial charge in [-0.05, 0) is 67.9 Å². The summed E-state index contributed by atoms with van der Waals surface area (Å²) in [5, 5.41) is 6.98. The molecule has 32 heavy (non-hydrogen) atoms. The Morgan fingerprint density at radius 2 is 1.88 bits per heavy atom. The van der Waals surface area contributed by atoms with Crippen molar-refractivity contribution in [2.45, 2.75) is 13.8 Å². The molecule has 162 valence electrons. The summed E-state index contributed by atoms with van der Waals surface area (Å²) in [6.45, 7) is 3.05. The second-order valence-corrected chi connectivity index (χ2v) is 8.01. The van der Waals surface area contributed by atoms with Crippen LogP contribution in [-0.4, -0.2) is 28.6 Å². The number of carbonyl (C=O) groups is 2. The van der Waals surface area contributed by atoms with E-state index in [2.05, 4.69) is 31.4 Å². The first-order valence-electron chi connectivity index (χ1n) is 9.58. The molecular weight excluding hydrogens is 481 g/mol. The standard InChI is InChI=1S/C23H17BrFN3O4/c1-12-9-15(24)5-8-18(12)26-20(29)11-31-23(30)17-10-19(14-3-6-16(25)7-4-14)27-22-21(17)13(2)28-32-22/h3-10H,11H2,1-2H3,(H,26,29). The molecule has 2 aromatic carbocycles. The molecule has 4 rings (SSSR count). The topological polar surface area (TPSA) is 94.3 Å². The fourth-order valence-electron chi connectivity index (χ4n) is 3.19. The van der Waals surface area contributed by atoms with Crippen molar-refractivity contribution < 1.29 is 23.2 Å². The SMILES string of the molecule is Cc1cc(Br)ccc1NC(=O)COC(=O)c1cc(-c2ccc(F)cc2)nc2onc(C)c12. The third-order valence-electron chi connectivity index (χ3n) is 4.77. The highest BCUT2D eigenvalue weighted by Crippen LogP contribution is 2.28. The van der Waals surface area contributed by atoms with E-state index < -0.39 is 24.3 Å². The maximum Gasteiger partial charge on any atom is 0.339 e. The zero-order valence-electron chi connectivity index (χ0n) is 17.1. The summed E-state index contributed by atoms with van der Waals surface area (Å²) < 4.78 is 24.6. The van der Waals surface area contributed by atoms with Crippen LogP contribution < -0.4 is 5.32 Å². The van der Waals surface area contributed by atoms with Gasteiger partial charge in [0, 0.05) is 15.7 Å². The Hall–Kier alpha value is -3.59. The number of amides is 1. The molecular formula is C23H17BrFN3O4. The van der Waals surface area contributed by atoms with Crippen LogP contribution >= 0.6 is 15.9 Å². The Morgan fingerprint density at radius 3 is 2.59 bits per heavy atom. The molecule has 0 radical (unpaired) electrons. The molecule has 4 aromatic rings. The Bertz CT molecular complexity index is 1340. The van der Waals surface area contributed by atoms with Gasteiger partial charge in [0.2, 0.25) is 0 Å². The smallest absolute Gasteiger partial charge is 0.339 e. The summed E-state index contributed by atoms with van der Waals surface area (Å²) in [6, 6.07) is 12.6. The lowest BCUT2D eigenvalue weighted by atomic mass is 10.1. The molecule has 0 unspecified atom stereocenters. The van der Waals surface area contributed by atoms with E-state index in [0.29, 0.717) is 28.0 Å². The highest BCUT2D eigenvalue weighted by Gasteiger charge is 2.21. The molecule has 0 atom stereocenters. The minimum Gasteiger partial charge on any atom is -0.452 e. The molecule has 1 N–H and O–H groups in total. The number of aryl methyl sites for hydroxylation is 2. The van der Waals surface area contributed by atoms with E-state index in [0.717, 1.165) is 10.0 Å². The van der Waals surface area contributed by atoms with Crippen molar-refractivity contribution in [3.05, 3.63) is 75.6 Å². The van der Waals surface area contributed by atoms with Crippen LogP contribution in [0.2, 0.25) is 0 Å². The maximum absolute atomic E-state index is 13.3. The van der Waals surface area contributed by atoms with Gasteiger partial charge < -0.3 is 14.6 Å². The number of aromatic nitrogens is 2. The quantitative estimate of drug-likeness (QED) is 0.380. The van der Waals surface area contributed by atoms with Gasteiger partial charge in [-0.25, -0.2) is 14.2 Å². The molecule has 0 spiro atoms. The summed E-state index contributed by atoms with van der Waals surface area (Å²) in [6.07, 6.45) is 0. The number of rotatable bonds is 5. The predicted octanol–water partition coefficient (Wildman–Crippen LogP) is 5.20. The number of esters is 1. The lowest BCUT2D eigenvalue weighted by molar-refractivity contribution is -0.119. The van der Waals surface area contributed by atoms with Crippen LogP contribution in [0.3, 0.4) is 0 Å². The van der Waals surface area contributed by atoms with E-state index in [1.807, 2.05) is 13.0 Å². The number of nitrogens with one attached hydrogen (secondary N) is 1. The van der Waals surface area contributed by atoms with Gasteiger partial charge in [-0.2, -0.15) is 0 Å². The second-order valence-electron chi connectivity index (χ2n) is 7.09. The highest BCUT2D eigenvalue weighted by atomic mass is 79.9. The van der Waals surface area contributed by atoms with Gasteiger partial charge in [-0.15, -0.1) is 0 Å². The van der Waals surface area contributed by atoms with E-state index >= 15 is 0 Å². The van der Waals surface area contributed by atoms with Gasteiger partial charge in [-0.3, -0.25) is 4.79 Å². The van der Waals surface area contributed by atoms with E-state index in [9.17, 15) is 14.0 Å². The van der Waals surface area contributed by atoms with Crippen molar-refractivity contribution >= 4 is 44.6 Å². The van der Waals surface area contributed by atoms with Crippen molar-refractivity contribution in [2.75, 3.05) is 11.9 Å². The van der Waals surface area contributed by atoms with Crippen LogP contribution in [0.1, 0.15) is 21.6 Å². The summed E-state index contributed by atoms with van der Waals surface area (Å²) in [5.41, 5.74) is 3.20. The Labute approximate surface area is 190 Å². The summed E-state index contributed by atoms with van der Waals surface area (Å²) in [4.78, 5) is 29.5. The van der Waals surface area contributed by atoms with E-state index in [1.54, 1.807) is 19.1 Å². The number of hydrogen-bond donors (Lipinski definition) is 1. The van der Waals surface area contributed by atoms with Crippen molar-refractivity contribution in [3.8, 4) is 11.3 Å². The van der Waals surface area contributed by atoms with Crippen molar-refractivity contribution in [1.82, 2.24) is 10.1 Å². The minimum atomic E-state index is -0.727. The number of fused-ring (bicyclic) bond motifs is 1. The van der Waals surface area contributed by atoms with E-state index in [4.69, 9.17) is 9.26 Å². The summed E-state index contributed by atoms with van der Waals surface area (Å²) in [5.74, 6) is -1.60. The molecule has 0 fully saturated rings. The first-order valence-corrected chi connectivity index (χ1v) is 10.4. The number of nitrogens with zero attached hydrogens (tertiary/aromatic N) is 2. The molecule has 0 aliphatic heterocycles. The van der Waals surface area contributed by atoms with Gasteiger partial charge in [0.1, 0.15) is 5.82 Å². The highest BCUT2D eigenvalue weighted by molar-refractivity contribution is 9.10. The average molecular weight is 498 g/mol. The van der Waals surface area contributed by atoms with Crippen LogP contribution in [0.15, 0.2) is 57.5 Å². The second kappa shape index (κ2) is 8.88. The van der Waals surface area contributed by atoms with Crippen LogP contribution in [0, 0.1) is 19.7 Å². The lowest BCUT2D eigenvalue weighted by Gasteiger charge is -2.10. The van der Waals surface area contributed by atoms with Crippen LogP contribution in [-0.2, 0) is 9.53 Å². The molecule has 9 heteroatoms. The van der Waals surface area contributed by atoms with Crippen LogP contribution in [0.5, 0.6) is 0 Å². The summed E-state index contributed by atoms with van der Waals surface area (Å²) in [7, 11) is 0. The van der Waals surface area contributed by atoms with E-state index in [-0.39, 0.29) is 11.3 Å². The zero-order chi connectivity index (χ0) is 22.8. The third kappa shape index (κ3) is 4.52. The minimum absolute atomic E-state index is 0.145. The Kier molecular flexibility index (Phi) is 6.00. The number of pyridine rings is 1. The molecule has 0 bridgehead atoms. The molecule has 2 aromatic heterocycles. The molecule has 0 saturated heterocycles. The number of halogens is 2. The van der Waals surface area contributed by atoms with Gasteiger partial charge in [-0.1, -0.05) is 21.1 Å². The molecule has 0 aliphatic rings. The van der Waals surface area contributed by atoms with Crippen molar-refractivity contribution in [3.63, 3.8) is 0 Å². The zero-order valence-corrected chi connectivity index (χ0v) is 18.7. The first kappa shape index (κ1) is 21.6. The fourth-order valence-corrected chi connectivity index (χ4v) is 3.66. The van der Waals surface area contributed by atoms with Gasteiger partial charge in [0.15, 0.2) is 6.61 Å². The number of benzene rings is 2. The number of hydrogen-bond acceptors (Lipinski definition) is 6. The van der Waals surface area contributed by atoms with E-state index in [1.165, 1.54) is 30.3 Å². The van der Waals surface area contributed by atoms with Crippen molar-refractivity contribution in [1.29, 1.82) is 0 Å². The van der Waals surface area contributed by atoms with Crippen LogP contribution in [0.4, 0.5) is 10.1 Å². The van der Waals surface area contributed by atoms with Gasteiger partial charge in [0.05, 0.1) is 22.3 Å².